The highest BCUT2D eigenvalue weighted by molar-refractivity contribution is 6.08. The number of fused-ring (bicyclic) bond motifs is 1. The molecule has 0 radical (unpaired) electrons. The highest BCUT2D eigenvalue weighted by Gasteiger charge is 2.31. The number of urea groups is 1. The van der Waals surface area contributed by atoms with E-state index in [1.807, 2.05) is 0 Å². The number of Topliss-reactive ketones (excluding diaryl/α,β-unsaturated/α-hetero) is 1. The molecular formula is C15H18N2O4. The lowest BCUT2D eigenvalue weighted by Crippen LogP contribution is -2.50. The monoisotopic (exact) mass is 290 g/mol. The summed E-state index contributed by atoms with van der Waals surface area (Å²) < 4.78 is 10.5. The van der Waals surface area contributed by atoms with Gasteiger partial charge in [-0.2, -0.15) is 0 Å². The average molecular weight is 290 g/mol. The van der Waals surface area contributed by atoms with Gasteiger partial charge in [0, 0.05) is 37.7 Å². The summed E-state index contributed by atoms with van der Waals surface area (Å²) >= 11 is 0. The molecule has 0 unspecified atom stereocenters. The number of ketones is 1. The van der Waals surface area contributed by atoms with Crippen LogP contribution >= 0.6 is 0 Å². The number of benzene rings is 1. The van der Waals surface area contributed by atoms with E-state index in [2.05, 4.69) is 0 Å². The van der Waals surface area contributed by atoms with Crippen LogP contribution in [0.1, 0.15) is 16.8 Å². The molecule has 1 aromatic rings. The van der Waals surface area contributed by atoms with E-state index in [0.717, 1.165) is 0 Å². The predicted molar refractivity (Wildman–Crippen MR) is 77.1 cm³/mol. The lowest BCUT2D eigenvalue weighted by Gasteiger charge is -2.35. The van der Waals surface area contributed by atoms with Crippen molar-refractivity contribution in [3.05, 3.63) is 23.8 Å². The smallest absolute Gasteiger partial charge is 0.324 e. The topological polar surface area (TPSA) is 59.1 Å². The van der Waals surface area contributed by atoms with Gasteiger partial charge in [0.25, 0.3) is 0 Å². The van der Waals surface area contributed by atoms with Crippen LogP contribution in [-0.4, -0.2) is 56.7 Å². The van der Waals surface area contributed by atoms with E-state index in [4.69, 9.17) is 9.47 Å². The second-order valence-corrected chi connectivity index (χ2v) is 5.09. The molecule has 6 heteroatoms. The van der Waals surface area contributed by atoms with Crippen LogP contribution in [-0.2, 0) is 4.74 Å². The molecule has 1 aromatic carbocycles. The van der Waals surface area contributed by atoms with Crippen molar-refractivity contribution in [3.8, 4) is 5.75 Å². The summed E-state index contributed by atoms with van der Waals surface area (Å²) in [5.41, 5.74) is 1.23. The molecule has 2 aliphatic heterocycles. The van der Waals surface area contributed by atoms with Crippen LogP contribution in [0.15, 0.2) is 18.2 Å². The van der Waals surface area contributed by atoms with Gasteiger partial charge in [0.05, 0.1) is 26.0 Å². The standard InChI is InChI=1S/C15H18N2O4/c1-20-11-2-3-12-13(10-11)17(5-4-14(12)18)15(19)16-6-8-21-9-7-16/h2-3,10H,4-9H2,1H3. The maximum atomic E-state index is 12.7. The summed E-state index contributed by atoms with van der Waals surface area (Å²) in [6.07, 6.45) is 0.357. The number of rotatable bonds is 1. The fraction of sp³-hybridized carbons (Fsp3) is 0.467. The molecule has 0 saturated carbocycles. The lowest BCUT2D eigenvalue weighted by atomic mass is 10.0. The van der Waals surface area contributed by atoms with Gasteiger partial charge in [0.15, 0.2) is 5.78 Å². The summed E-state index contributed by atoms with van der Waals surface area (Å²) in [6, 6.07) is 5.17. The summed E-state index contributed by atoms with van der Waals surface area (Å²) in [6.45, 7) is 2.70. The normalized spacial score (nSPS) is 18.4. The first-order chi connectivity index (χ1) is 10.2. The van der Waals surface area contributed by atoms with E-state index in [0.29, 0.717) is 56.3 Å². The Labute approximate surface area is 123 Å². The second-order valence-electron chi connectivity index (χ2n) is 5.09. The molecule has 1 saturated heterocycles. The molecule has 1 fully saturated rings. The molecular weight excluding hydrogens is 272 g/mol. The zero-order valence-electron chi connectivity index (χ0n) is 12.0. The Morgan fingerprint density at radius 3 is 2.71 bits per heavy atom. The Morgan fingerprint density at radius 2 is 2.00 bits per heavy atom. The van der Waals surface area contributed by atoms with Gasteiger partial charge in [-0.1, -0.05) is 0 Å². The Morgan fingerprint density at radius 1 is 1.24 bits per heavy atom. The molecule has 0 bridgehead atoms. The van der Waals surface area contributed by atoms with E-state index in [-0.39, 0.29) is 11.8 Å². The van der Waals surface area contributed by atoms with Gasteiger partial charge < -0.3 is 14.4 Å². The number of methoxy groups -OCH3 is 1. The summed E-state index contributed by atoms with van der Waals surface area (Å²) in [5, 5.41) is 0. The van der Waals surface area contributed by atoms with Crippen LogP contribution in [0.2, 0.25) is 0 Å². The quantitative estimate of drug-likeness (QED) is 0.787. The van der Waals surface area contributed by atoms with Crippen molar-refractivity contribution in [1.82, 2.24) is 4.90 Å². The molecule has 0 aliphatic carbocycles. The fourth-order valence-corrected chi connectivity index (χ4v) is 2.69. The van der Waals surface area contributed by atoms with Crippen molar-refractivity contribution in [2.24, 2.45) is 0 Å². The van der Waals surface area contributed by atoms with E-state index in [1.54, 1.807) is 35.1 Å². The van der Waals surface area contributed by atoms with Gasteiger partial charge in [-0.25, -0.2) is 4.79 Å². The van der Waals surface area contributed by atoms with E-state index in [9.17, 15) is 9.59 Å². The minimum Gasteiger partial charge on any atom is -0.497 e. The third-order valence-electron chi connectivity index (χ3n) is 3.87. The maximum Gasteiger partial charge on any atom is 0.324 e. The number of anilines is 1. The summed E-state index contributed by atoms with van der Waals surface area (Å²) in [5.74, 6) is 0.710. The second kappa shape index (κ2) is 5.73. The molecule has 0 N–H and O–H groups in total. The van der Waals surface area contributed by atoms with Gasteiger partial charge in [0.2, 0.25) is 0 Å². The zero-order valence-corrected chi connectivity index (χ0v) is 12.0. The first kappa shape index (κ1) is 13.9. The number of hydrogen-bond acceptors (Lipinski definition) is 4. The van der Waals surface area contributed by atoms with Crippen LogP contribution in [0, 0.1) is 0 Å². The minimum absolute atomic E-state index is 0.0682. The number of nitrogens with zero attached hydrogens (tertiary/aromatic N) is 2. The van der Waals surface area contributed by atoms with Crippen LogP contribution < -0.4 is 9.64 Å². The van der Waals surface area contributed by atoms with Crippen LogP contribution in [0.4, 0.5) is 10.5 Å². The average Bonchev–Trinajstić information content (AvgIpc) is 2.55. The molecule has 21 heavy (non-hydrogen) atoms. The van der Waals surface area contributed by atoms with E-state index >= 15 is 0 Å². The third-order valence-corrected chi connectivity index (χ3v) is 3.87. The summed E-state index contributed by atoms with van der Waals surface area (Å²) in [4.78, 5) is 28.1. The van der Waals surface area contributed by atoms with Crippen molar-refractivity contribution >= 4 is 17.5 Å². The Balaban J connectivity index is 1.92. The van der Waals surface area contributed by atoms with Gasteiger partial charge in [-0.3, -0.25) is 9.69 Å². The largest absolute Gasteiger partial charge is 0.497 e. The molecule has 3 rings (SSSR count). The predicted octanol–water partition coefficient (Wildman–Crippen LogP) is 1.54. The van der Waals surface area contributed by atoms with Gasteiger partial charge in [-0.05, 0) is 12.1 Å². The number of carbonyl (C=O) groups is 2. The third kappa shape index (κ3) is 2.58. The number of morpholine rings is 1. The molecule has 0 atom stereocenters. The summed E-state index contributed by atoms with van der Waals surface area (Å²) in [7, 11) is 1.57. The van der Waals surface area contributed by atoms with Crippen LogP contribution in [0.5, 0.6) is 5.75 Å². The fourth-order valence-electron chi connectivity index (χ4n) is 2.69. The molecule has 2 aliphatic rings. The molecule has 2 heterocycles. The van der Waals surface area contributed by atoms with Crippen molar-refractivity contribution < 1.29 is 19.1 Å². The number of amides is 2. The minimum atomic E-state index is -0.0692. The van der Waals surface area contributed by atoms with Gasteiger partial charge >= 0.3 is 6.03 Å². The van der Waals surface area contributed by atoms with Crippen molar-refractivity contribution in [1.29, 1.82) is 0 Å². The van der Waals surface area contributed by atoms with Crippen molar-refractivity contribution in [3.63, 3.8) is 0 Å². The number of ether oxygens (including phenoxy) is 2. The zero-order chi connectivity index (χ0) is 14.8. The number of hydrogen-bond donors (Lipinski definition) is 0. The van der Waals surface area contributed by atoms with E-state index in [1.165, 1.54) is 0 Å². The first-order valence-corrected chi connectivity index (χ1v) is 7.06. The van der Waals surface area contributed by atoms with Crippen molar-refractivity contribution in [2.45, 2.75) is 6.42 Å². The molecule has 0 spiro atoms. The van der Waals surface area contributed by atoms with Crippen LogP contribution in [0.25, 0.3) is 0 Å². The van der Waals surface area contributed by atoms with E-state index < -0.39 is 0 Å². The Hall–Kier alpha value is -2.08. The van der Waals surface area contributed by atoms with Gasteiger partial charge in [0.1, 0.15) is 5.75 Å². The Bertz CT molecular complexity index is 567. The number of carbonyl (C=O) groups excluding carboxylic acids is 2. The molecule has 0 aromatic heterocycles. The molecule has 6 nitrogen and oxygen atoms in total. The van der Waals surface area contributed by atoms with Gasteiger partial charge in [-0.15, -0.1) is 0 Å². The van der Waals surface area contributed by atoms with Crippen LogP contribution in [0.3, 0.4) is 0 Å². The first-order valence-electron chi connectivity index (χ1n) is 7.06. The molecule has 112 valence electrons. The molecule has 2 amide bonds. The highest BCUT2D eigenvalue weighted by atomic mass is 16.5. The Kier molecular flexibility index (Phi) is 3.79. The SMILES string of the molecule is COc1ccc2c(c1)N(C(=O)N1CCOCC1)CCC2=O. The highest BCUT2D eigenvalue weighted by Crippen LogP contribution is 2.31. The van der Waals surface area contributed by atoms with Crippen molar-refractivity contribution in [2.75, 3.05) is 44.9 Å². The maximum absolute atomic E-state index is 12.7. The lowest BCUT2D eigenvalue weighted by molar-refractivity contribution is 0.0547.